The van der Waals surface area contributed by atoms with Crippen molar-refractivity contribution in [2.75, 3.05) is 33.0 Å². The molecule has 37 heavy (non-hydrogen) atoms. The topological polar surface area (TPSA) is 92.0 Å². The molecule has 1 rings (SSSR count). The zero-order valence-electron chi connectivity index (χ0n) is 24.7. The van der Waals surface area contributed by atoms with Gasteiger partial charge < -0.3 is 29.4 Å². The fourth-order valence-corrected chi connectivity index (χ4v) is 4.81. The Morgan fingerprint density at radius 1 is 0.946 bits per heavy atom. The third kappa shape index (κ3) is 10.8. The van der Waals surface area contributed by atoms with Crippen LogP contribution in [-0.4, -0.2) is 61.6 Å². The van der Waals surface area contributed by atoms with Gasteiger partial charge in [-0.1, -0.05) is 53.5 Å². The summed E-state index contributed by atoms with van der Waals surface area (Å²) in [5.41, 5.74) is 7.17. The van der Waals surface area contributed by atoms with E-state index in [1.807, 2.05) is 18.2 Å². The molecule has 1 atom stereocenters. The number of hydrogen-bond acceptors (Lipinski definition) is 6. The normalized spacial score (nSPS) is 13.6. The van der Waals surface area contributed by atoms with Gasteiger partial charge in [-0.3, -0.25) is 4.79 Å². The Morgan fingerprint density at radius 2 is 1.49 bits per heavy atom. The summed E-state index contributed by atoms with van der Waals surface area (Å²) in [6.07, 6.45) is 5.51. The zero-order chi connectivity index (χ0) is 28.5. The molecule has 0 fully saturated rings. The Kier molecular flexibility index (Phi) is 12.4. The molecule has 0 spiro atoms. The third-order valence-electron chi connectivity index (χ3n) is 7.25. The monoisotopic (exact) mass is 550 g/mol. The van der Waals surface area contributed by atoms with Crippen molar-refractivity contribution in [2.45, 2.75) is 90.3 Å². The quantitative estimate of drug-likeness (QED) is 0.190. The van der Waals surface area contributed by atoms with Crippen molar-refractivity contribution in [1.29, 1.82) is 0 Å². The van der Waals surface area contributed by atoms with Gasteiger partial charge in [-0.15, -0.1) is 6.42 Å². The molecule has 0 aliphatic heterocycles. The van der Waals surface area contributed by atoms with Crippen LogP contribution in [0.2, 0.25) is 36.3 Å². The van der Waals surface area contributed by atoms with E-state index in [0.29, 0.717) is 32.8 Å². The highest BCUT2D eigenvalue weighted by Gasteiger charge is 2.42. The number of ether oxygens (including phenoxy) is 2. The minimum atomic E-state index is -2.13. The number of rotatable bonds is 14. The molecule has 0 aliphatic carbocycles. The number of carbonyl (C=O) groups excluding carboxylic acids is 1. The Morgan fingerprint density at radius 3 is 2.03 bits per heavy atom. The number of hydrogen-bond donors (Lipinski definition) is 2. The fraction of sp³-hybridized carbons (Fsp3) is 0.679. The van der Waals surface area contributed by atoms with E-state index in [9.17, 15) is 4.79 Å². The van der Waals surface area contributed by atoms with Gasteiger partial charge in [-0.2, -0.15) is 0 Å². The molecule has 9 heteroatoms. The highest BCUT2D eigenvalue weighted by molar-refractivity contribution is 6.75. The Labute approximate surface area is 227 Å². The molecule has 0 aromatic heterocycles. The van der Waals surface area contributed by atoms with E-state index >= 15 is 0 Å². The number of amides is 1. The van der Waals surface area contributed by atoms with E-state index in [-0.39, 0.29) is 22.6 Å². The minimum absolute atomic E-state index is 0.0308. The van der Waals surface area contributed by atoms with Crippen LogP contribution in [-0.2, 0) is 20.7 Å². The van der Waals surface area contributed by atoms with Gasteiger partial charge in [0.05, 0.1) is 25.9 Å². The number of nitrogens with two attached hydrogens (primary N) is 1. The molecule has 0 bridgehead atoms. The van der Waals surface area contributed by atoms with Gasteiger partial charge >= 0.3 is 0 Å². The molecule has 0 saturated heterocycles. The summed E-state index contributed by atoms with van der Waals surface area (Å²) in [6.45, 7) is 24.1. The van der Waals surface area contributed by atoms with E-state index in [0.717, 1.165) is 17.1 Å². The van der Waals surface area contributed by atoms with E-state index in [1.165, 1.54) is 0 Å². The molecule has 1 aromatic carbocycles. The highest BCUT2D eigenvalue weighted by atomic mass is 28.4. The van der Waals surface area contributed by atoms with Crippen LogP contribution in [0.1, 0.15) is 47.1 Å². The molecule has 1 amide bonds. The van der Waals surface area contributed by atoms with Gasteiger partial charge in [0.2, 0.25) is 5.91 Å². The van der Waals surface area contributed by atoms with Gasteiger partial charge in [0.15, 0.2) is 0 Å². The Balaban J connectivity index is 2.93. The van der Waals surface area contributed by atoms with Crippen molar-refractivity contribution in [2.24, 2.45) is 5.73 Å². The average Bonchev–Trinajstić information content (AvgIpc) is 2.75. The highest BCUT2D eigenvalue weighted by Crippen LogP contribution is 2.43. The summed E-state index contributed by atoms with van der Waals surface area (Å²) in [5, 5.41) is 2.92. The predicted octanol–water partition coefficient (Wildman–Crippen LogP) is 5.11. The second-order valence-electron chi connectivity index (χ2n) is 12.5. The van der Waals surface area contributed by atoms with Gasteiger partial charge in [0, 0.05) is 6.54 Å². The maximum Gasteiger partial charge on any atom is 0.250 e. The van der Waals surface area contributed by atoms with Gasteiger partial charge in [0.1, 0.15) is 18.1 Å². The third-order valence-corrected chi connectivity index (χ3v) is 15.9. The maximum atomic E-state index is 12.5. The lowest BCUT2D eigenvalue weighted by molar-refractivity contribution is -0.122. The number of terminal acetylenes is 1. The van der Waals surface area contributed by atoms with E-state index < -0.39 is 22.7 Å². The molecule has 210 valence electrons. The van der Waals surface area contributed by atoms with Crippen LogP contribution in [0.15, 0.2) is 18.2 Å². The molecule has 0 radical (unpaired) electrons. The van der Waals surface area contributed by atoms with E-state index in [4.69, 9.17) is 30.5 Å². The van der Waals surface area contributed by atoms with E-state index in [2.05, 4.69) is 79.0 Å². The summed E-state index contributed by atoms with van der Waals surface area (Å²) in [5.74, 6) is 3.68. The fourth-order valence-electron chi connectivity index (χ4n) is 2.77. The summed E-state index contributed by atoms with van der Waals surface area (Å²) >= 11 is 0. The van der Waals surface area contributed by atoms with Crippen LogP contribution in [0.25, 0.3) is 0 Å². The van der Waals surface area contributed by atoms with Crippen LogP contribution in [0.3, 0.4) is 0 Å². The first-order valence-electron chi connectivity index (χ1n) is 13.0. The van der Waals surface area contributed by atoms with Crippen LogP contribution >= 0.6 is 0 Å². The van der Waals surface area contributed by atoms with Crippen molar-refractivity contribution >= 4 is 22.5 Å². The molecule has 7 nitrogen and oxygen atoms in total. The summed E-state index contributed by atoms with van der Waals surface area (Å²) < 4.78 is 24.0. The average molecular weight is 551 g/mol. The number of nitrogens with one attached hydrogen (secondary N) is 1. The van der Waals surface area contributed by atoms with E-state index in [1.54, 1.807) is 0 Å². The first-order valence-corrected chi connectivity index (χ1v) is 18.9. The lowest BCUT2D eigenvalue weighted by Gasteiger charge is -2.39. The standard InChI is InChI=1S/C28H50N2O5Si2/c1-12-16-32-18-19-33-17-15-30-26(31)23(29)20-22-13-14-24(34-36(8,9)27(2,3)4)25(21-22)35-37(10,11)28(5,6)7/h1,13-14,21,23H,15-20,29H2,2-11H3,(H,30,31)/t23-/m0/s1. The second kappa shape index (κ2) is 13.8. The van der Waals surface area contributed by atoms with Crippen molar-refractivity contribution in [3.05, 3.63) is 23.8 Å². The van der Waals surface area contributed by atoms with Crippen molar-refractivity contribution in [3.8, 4) is 23.8 Å². The molecule has 0 saturated carbocycles. The predicted molar refractivity (Wildman–Crippen MR) is 157 cm³/mol. The molecule has 3 N–H and O–H groups in total. The Hall–Kier alpha value is -1.84. The smallest absolute Gasteiger partial charge is 0.250 e. The molecular weight excluding hydrogens is 500 g/mol. The number of benzene rings is 1. The summed E-state index contributed by atoms with van der Waals surface area (Å²) in [7, 11) is -4.21. The molecule has 1 aromatic rings. The molecular formula is C28H50N2O5Si2. The first-order chi connectivity index (χ1) is 16.9. The first kappa shape index (κ1) is 33.2. The SMILES string of the molecule is C#CCOCCOCCNC(=O)[C@@H](N)Cc1ccc(O[Si](C)(C)C(C)(C)C)c(O[Si](C)(C)C(C)(C)C)c1. The van der Waals surface area contributed by atoms with Crippen LogP contribution in [0.4, 0.5) is 0 Å². The number of carbonyl (C=O) groups is 1. The largest absolute Gasteiger partial charge is 0.541 e. The summed E-state index contributed by atoms with van der Waals surface area (Å²) in [6, 6.07) is 5.26. The maximum absolute atomic E-state index is 12.5. The van der Waals surface area contributed by atoms with Crippen LogP contribution in [0.5, 0.6) is 11.5 Å². The van der Waals surface area contributed by atoms with Gasteiger partial charge in [0.25, 0.3) is 16.6 Å². The Bertz CT molecular complexity index is 915. The minimum Gasteiger partial charge on any atom is -0.541 e. The molecule has 0 unspecified atom stereocenters. The second-order valence-corrected chi connectivity index (χ2v) is 21.9. The van der Waals surface area contributed by atoms with Crippen molar-refractivity contribution in [3.63, 3.8) is 0 Å². The molecule has 0 heterocycles. The van der Waals surface area contributed by atoms with Crippen LogP contribution in [0, 0.1) is 12.3 Å². The van der Waals surface area contributed by atoms with Crippen molar-refractivity contribution in [1.82, 2.24) is 5.32 Å². The van der Waals surface area contributed by atoms with Crippen molar-refractivity contribution < 1.29 is 23.1 Å². The zero-order valence-corrected chi connectivity index (χ0v) is 26.7. The van der Waals surface area contributed by atoms with Crippen LogP contribution < -0.4 is 19.9 Å². The lowest BCUT2D eigenvalue weighted by atomic mass is 10.1. The van der Waals surface area contributed by atoms with Gasteiger partial charge in [-0.25, -0.2) is 0 Å². The summed E-state index contributed by atoms with van der Waals surface area (Å²) in [4.78, 5) is 12.5. The molecule has 0 aliphatic rings. The lowest BCUT2D eigenvalue weighted by Crippen LogP contribution is -2.46. The van der Waals surface area contributed by atoms with Gasteiger partial charge in [-0.05, 0) is 60.4 Å².